The van der Waals surface area contributed by atoms with E-state index in [-0.39, 0.29) is 11.4 Å². The van der Waals surface area contributed by atoms with E-state index in [9.17, 15) is 4.79 Å². The molecular weight excluding hydrogens is 420 g/mol. The van der Waals surface area contributed by atoms with Crippen LogP contribution in [0.15, 0.2) is 24.3 Å². The van der Waals surface area contributed by atoms with Crippen LogP contribution in [-0.4, -0.2) is 64.2 Å². The van der Waals surface area contributed by atoms with Crippen LogP contribution in [0.5, 0.6) is 5.75 Å². The van der Waals surface area contributed by atoms with Gasteiger partial charge < -0.3 is 30.0 Å². The molecule has 1 aromatic carbocycles. The molecule has 1 amide bonds. The van der Waals surface area contributed by atoms with Crippen molar-refractivity contribution in [3.63, 3.8) is 0 Å². The zero-order valence-corrected chi connectivity index (χ0v) is 20.4. The molecule has 33 heavy (non-hydrogen) atoms. The van der Waals surface area contributed by atoms with Crippen molar-refractivity contribution in [1.29, 1.82) is 0 Å². The van der Waals surface area contributed by atoms with Crippen molar-refractivity contribution in [3.8, 4) is 5.75 Å². The number of nitrogens with two attached hydrogens (primary N) is 1. The highest BCUT2D eigenvalue weighted by Gasteiger charge is 2.41. The third kappa shape index (κ3) is 8.56. The van der Waals surface area contributed by atoms with E-state index in [4.69, 9.17) is 24.7 Å². The minimum atomic E-state index is -0.142. The van der Waals surface area contributed by atoms with Crippen LogP contribution in [-0.2, 0) is 14.2 Å². The fourth-order valence-corrected chi connectivity index (χ4v) is 5.65. The fraction of sp³-hybridized carbons (Fsp3) is 0.731. The van der Waals surface area contributed by atoms with Crippen LogP contribution < -0.4 is 15.8 Å². The number of fused-ring (bicyclic) bond motifs is 2. The number of ether oxygens (including phenoxy) is 4. The Morgan fingerprint density at radius 2 is 1.52 bits per heavy atom. The van der Waals surface area contributed by atoms with Gasteiger partial charge in [0.05, 0.1) is 45.2 Å². The van der Waals surface area contributed by atoms with Gasteiger partial charge in [-0.15, -0.1) is 0 Å². The zero-order chi connectivity index (χ0) is 23.5. The maximum atomic E-state index is 13.2. The van der Waals surface area contributed by atoms with E-state index in [0.29, 0.717) is 64.1 Å². The molecule has 0 spiro atoms. The minimum Gasteiger partial charge on any atom is -0.490 e. The van der Waals surface area contributed by atoms with Gasteiger partial charge in [0.15, 0.2) is 0 Å². The summed E-state index contributed by atoms with van der Waals surface area (Å²) in [7, 11) is 0. The van der Waals surface area contributed by atoms with Gasteiger partial charge in [-0.2, -0.15) is 0 Å². The standard InChI is InChI=1S/C26H42N2O5/c1-20-15-21-17-22(16-20)19-26(2,18-21)28-25(29)23-5-3-4-6-24(23)33-14-13-32-12-11-31-10-9-30-8-7-27/h3-6,20-22H,7-19,27H2,1-2H3,(H,28,29). The lowest BCUT2D eigenvalue weighted by Gasteiger charge is -2.47. The van der Waals surface area contributed by atoms with E-state index in [1.807, 2.05) is 24.3 Å². The summed E-state index contributed by atoms with van der Waals surface area (Å²) in [6.07, 6.45) is 6.03. The van der Waals surface area contributed by atoms with Gasteiger partial charge in [0.25, 0.3) is 5.91 Å². The number of para-hydroxylation sites is 1. The summed E-state index contributed by atoms with van der Waals surface area (Å²) in [6, 6.07) is 7.45. The number of carbonyl (C=O) groups is 1. The van der Waals surface area contributed by atoms with Gasteiger partial charge in [0, 0.05) is 12.1 Å². The summed E-state index contributed by atoms with van der Waals surface area (Å²) in [5.41, 5.74) is 5.80. The molecule has 2 atom stereocenters. The van der Waals surface area contributed by atoms with Crippen molar-refractivity contribution in [1.82, 2.24) is 5.32 Å². The van der Waals surface area contributed by atoms with Gasteiger partial charge in [-0.25, -0.2) is 0 Å². The van der Waals surface area contributed by atoms with E-state index in [1.54, 1.807) is 0 Å². The number of nitrogens with one attached hydrogen (secondary N) is 1. The van der Waals surface area contributed by atoms with E-state index < -0.39 is 0 Å². The Hall–Kier alpha value is -1.67. The average Bonchev–Trinajstić information content (AvgIpc) is 2.76. The molecule has 2 unspecified atom stereocenters. The molecule has 0 aliphatic heterocycles. The summed E-state index contributed by atoms with van der Waals surface area (Å²) in [5, 5.41) is 3.35. The van der Waals surface area contributed by atoms with Gasteiger partial charge in [-0.05, 0) is 68.9 Å². The Kier molecular flexibility index (Phi) is 10.4. The number of amides is 1. The number of benzene rings is 1. The normalized spacial score (nSPS) is 26.7. The monoisotopic (exact) mass is 462 g/mol. The highest BCUT2D eigenvalue weighted by atomic mass is 16.6. The van der Waals surface area contributed by atoms with Gasteiger partial charge >= 0.3 is 0 Å². The van der Waals surface area contributed by atoms with Crippen LogP contribution in [0, 0.1) is 17.8 Å². The van der Waals surface area contributed by atoms with Crippen LogP contribution in [0.2, 0.25) is 0 Å². The highest BCUT2D eigenvalue weighted by molar-refractivity contribution is 5.97. The van der Waals surface area contributed by atoms with Crippen LogP contribution in [0.4, 0.5) is 0 Å². The van der Waals surface area contributed by atoms with Gasteiger partial charge in [0.2, 0.25) is 0 Å². The summed E-state index contributed by atoms with van der Waals surface area (Å²) in [6.45, 7) is 8.52. The molecule has 1 aromatic rings. The minimum absolute atomic E-state index is 0.0488. The fourth-order valence-electron chi connectivity index (χ4n) is 5.65. The summed E-state index contributed by atoms with van der Waals surface area (Å²) in [5.74, 6) is 2.81. The molecule has 2 fully saturated rings. The molecule has 2 bridgehead atoms. The molecule has 0 radical (unpaired) electrons. The number of rotatable bonds is 14. The molecule has 3 rings (SSSR count). The number of hydrogen-bond donors (Lipinski definition) is 2. The van der Waals surface area contributed by atoms with E-state index in [0.717, 1.165) is 30.6 Å². The van der Waals surface area contributed by atoms with Crippen molar-refractivity contribution in [2.45, 2.75) is 51.5 Å². The zero-order valence-electron chi connectivity index (χ0n) is 20.4. The van der Waals surface area contributed by atoms with Crippen molar-refractivity contribution in [3.05, 3.63) is 29.8 Å². The maximum Gasteiger partial charge on any atom is 0.255 e. The summed E-state index contributed by atoms with van der Waals surface area (Å²) < 4.78 is 22.1. The quantitative estimate of drug-likeness (QED) is 0.412. The molecule has 3 N–H and O–H groups in total. The molecular formula is C26H42N2O5. The second kappa shape index (κ2) is 13.3. The molecule has 7 heteroatoms. The lowest BCUT2D eigenvalue weighted by molar-refractivity contribution is 0.0105. The molecule has 0 aromatic heterocycles. The average molecular weight is 463 g/mol. The predicted octanol–water partition coefficient (Wildman–Crippen LogP) is 3.41. The third-order valence-electron chi connectivity index (χ3n) is 6.65. The van der Waals surface area contributed by atoms with E-state index in [1.165, 1.54) is 19.3 Å². The first-order chi connectivity index (χ1) is 16.0. The Morgan fingerprint density at radius 1 is 0.939 bits per heavy atom. The highest BCUT2D eigenvalue weighted by Crippen LogP contribution is 2.46. The Bertz CT molecular complexity index is 710. The molecule has 7 nitrogen and oxygen atoms in total. The molecule has 0 saturated heterocycles. The third-order valence-corrected chi connectivity index (χ3v) is 6.65. The Labute approximate surface area is 198 Å². The van der Waals surface area contributed by atoms with Crippen molar-refractivity contribution < 1.29 is 23.7 Å². The smallest absolute Gasteiger partial charge is 0.255 e. The van der Waals surface area contributed by atoms with Crippen molar-refractivity contribution >= 4 is 5.91 Å². The first kappa shape index (κ1) is 25.9. The second-order valence-corrected chi connectivity index (χ2v) is 9.94. The van der Waals surface area contributed by atoms with Crippen LogP contribution in [0.3, 0.4) is 0 Å². The van der Waals surface area contributed by atoms with E-state index >= 15 is 0 Å². The molecule has 2 saturated carbocycles. The van der Waals surface area contributed by atoms with E-state index in [2.05, 4.69) is 19.2 Å². The Balaban J connectivity index is 1.39. The van der Waals surface area contributed by atoms with Crippen molar-refractivity contribution in [2.75, 3.05) is 52.8 Å². The topological polar surface area (TPSA) is 92.0 Å². The number of hydrogen-bond acceptors (Lipinski definition) is 6. The first-order valence-electron chi connectivity index (χ1n) is 12.5. The van der Waals surface area contributed by atoms with Crippen LogP contribution in [0.1, 0.15) is 56.3 Å². The molecule has 0 heterocycles. The summed E-state index contributed by atoms with van der Waals surface area (Å²) >= 11 is 0. The van der Waals surface area contributed by atoms with Crippen LogP contribution in [0.25, 0.3) is 0 Å². The SMILES string of the molecule is CC1CC2CC(C1)CC(C)(NC(=O)c1ccccc1OCCOCCOCCOCCN)C2. The first-order valence-corrected chi connectivity index (χ1v) is 12.5. The maximum absolute atomic E-state index is 13.2. The van der Waals surface area contributed by atoms with Gasteiger partial charge in [-0.1, -0.05) is 19.1 Å². The Morgan fingerprint density at radius 3 is 2.15 bits per heavy atom. The lowest BCUT2D eigenvalue weighted by Crippen LogP contribution is -2.52. The number of carbonyl (C=O) groups excluding carboxylic acids is 1. The van der Waals surface area contributed by atoms with Gasteiger partial charge in [0.1, 0.15) is 12.4 Å². The molecule has 186 valence electrons. The van der Waals surface area contributed by atoms with Crippen LogP contribution >= 0.6 is 0 Å². The molecule has 2 aliphatic rings. The molecule has 2 aliphatic carbocycles. The van der Waals surface area contributed by atoms with Crippen molar-refractivity contribution in [2.24, 2.45) is 23.5 Å². The van der Waals surface area contributed by atoms with Gasteiger partial charge in [-0.3, -0.25) is 4.79 Å². The lowest BCUT2D eigenvalue weighted by atomic mass is 9.62. The summed E-state index contributed by atoms with van der Waals surface area (Å²) in [4.78, 5) is 13.2. The predicted molar refractivity (Wildman–Crippen MR) is 129 cm³/mol. The second-order valence-electron chi connectivity index (χ2n) is 9.94. The largest absolute Gasteiger partial charge is 0.490 e.